The third-order valence-corrected chi connectivity index (χ3v) is 3.45. The van der Waals surface area contributed by atoms with Crippen LogP contribution in [0.4, 0.5) is 0 Å². The minimum Gasteiger partial charge on any atom is -0.381 e. The van der Waals surface area contributed by atoms with E-state index in [2.05, 4.69) is 0 Å². The van der Waals surface area contributed by atoms with Gasteiger partial charge >= 0.3 is 0 Å². The van der Waals surface area contributed by atoms with Crippen molar-refractivity contribution in [1.82, 2.24) is 0 Å². The van der Waals surface area contributed by atoms with Crippen molar-refractivity contribution >= 4 is 5.91 Å². The maximum absolute atomic E-state index is 11.3. The van der Waals surface area contributed by atoms with E-state index in [9.17, 15) is 4.79 Å². The van der Waals surface area contributed by atoms with Crippen molar-refractivity contribution in [3.63, 3.8) is 0 Å². The van der Waals surface area contributed by atoms with Crippen LogP contribution in [-0.4, -0.2) is 19.1 Å². The summed E-state index contributed by atoms with van der Waals surface area (Å²) in [5.41, 5.74) is 7.11. The smallest absolute Gasteiger partial charge is 0.248 e. The molecular formula is C14H19NO2. The van der Waals surface area contributed by atoms with Crippen molar-refractivity contribution in [3.8, 4) is 0 Å². The fourth-order valence-electron chi connectivity index (χ4n) is 2.37. The third-order valence-electron chi connectivity index (χ3n) is 3.45. The Morgan fingerprint density at radius 1 is 1.29 bits per heavy atom. The van der Waals surface area contributed by atoms with Gasteiger partial charge in [-0.25, -0.2) is 0 Å². The summed E-state index contributed by atoms with van der Waals surface area (Å²) in [6, 6.07) is 7.63. The first kappa shape index (κ1) is 12.1. The van der Waals surface area contributed by atoms with Gasteiger partial charge in [0.2, 0.25) is 5.91 Å². The van der Waals surface area contributed by atoms with Crippen molar-refractivity contribution in [2.45, 2.75) is 25.7 Å². The van der Waals surface area contributed by atoms with Gasteiger partial charge in [-0.05, 0) is 43.2 Å². The standard InChI is InChI=1S/C14H19NO2/c15-14(16)13-4-2-1-3-12(13)6-5-11-7-9-17-10-8-11/h1-4,11H,5-10H2,(H2,15,16). The van der Waals surface area contributed by atoms with Crippen LogP contribution in [0.2, 0.25) is 0 Å². The summed E-state index contributed by atoms with van der Waals surface area (Å²) in [5, 5.41) is 0. The molecule has 0 spiro atoms. The summed E-state index contributed by atoms with van der Waals surface area (Å²) in [7, 11) is 0. The van der Waals surface area contributed by atoms with E-state index in [0.717, 1.165) is 50.4 Å². The van der Waals surface area contributed by atoms with Crippen LogP contribution in [0.15, 0.2) is 24.3 Å². The quantitative estimate of drug-likeness (QED) is 0.866. The second kappa shape index (κ2) is 5.82. The second-order valence-corrected chi connectivity index (χ2v) is 4.62. The lowest BCUT2D eigenvalue weighted by molar-refractivity contribution is 0.0640. The maximum Gasteiger partial charge on any atom is 0.248 e. The molecule has 0 radical (unpaired) electrons. The molecule has 2 rings (SSSR count). The van der Waals surface area contributed by atoms with Crippen molar-refractivity contribution in [3.05, 3.63) is 35.4 Å². The van der Waals surface area contributed by atoms with E-state index in [4.69, 9.17) is 10.5 Å². The highest BCUT2D eigenvalue weighted by atomic mass is 16.5. The van der Waals surface area contributed by atoms with Crippen LogP contribution in [0.3, 0.4) is 0 Å². The normalized spacial score (nSPS) is 16.9. The highest BCUT2D eigenvalue weighted by Crippen LogP contribution is 2.21. The fourth-order valence-corrected chi connectivity index (χ4v) is 2.37. The molecule has 92 valence electrons. The number of ether oxygens (including phenoxy) is 1. The van der Waals surface area contributed by atoms with Crippen molar-refractivity contribution in [1.29, 1.82) is 0 Å². The van der Waals surface area contributed by atoms with Gasteiger partial charge in [0.25, 0.3) is 0 Å². The molecule has 3 heteroatoms. The molecule has 1 heterocycles. The zero-order chi connectivity index (χ0) is 12.1. The molecule has 1 aliphatic rings. The molecule has 0 aromatic heterocycles. The Labute approximate surface area is 102 Å². The number of hydrogen-bond donors (Lipinski definition) is 1. The molecule has 3 nitrogen and oxygen atoms in total. The van der Waals surface area contributed by atoms with Crippen LogP contribution in [0.25, 0.3) is 0 Å². The SMILES string of the molecule is NC(=O)c1ccccc1CCC1CCOCC1. The van der Waals surface area contributed by atoms with E-state index >= 15 is 0 Å². The van der Waals surface area contributed by atoms with Gasteiger partial charge in [-0.1, -0.05) is 18.2 Å². The number of rotatable bonds is 4. The van der Waals surface area contributed by atoms with E-state index in [1.165, 1.54) is 0 Å². The van der Waals surface area contributed by atoms with Crippen LogP contribution in [0, 0.1) is 5.92 Å². The molecule has 2 N–H and O–H groups in total. The maximum atomic E-state index is 11.3. The molecule has 1 saturated heterocycles. The first-order chi connectivity index (χ1) is 8.27. The largest absolute Gasteiger partial charge is 0.381 e. The van der Waals surface area contributed by atoms with Crippen LogP contribution in [0.5, 0.6) is 0 Å². The highest BCUT2D eigenvalue weighted by Gasteiger charge is 2.15. The number of hydrogen-bond acceptors (Lipinski definition) is 2. The Bertz CT molecular complexity index is 384. The topological polar surface area (TPSA) is 52.3 Å². The van der Waals surface area contributed by atoms with E-state index in [1.807, 2.05) is 24.3 Å². The van der Waals surface area contributed by atoms with Crippen LogP contribution >= 0.6 is 0 Å². The monoisotopic (exact) mass is 233 g/mol. The lowest BCUT2D eigenvalue weighted by atomic mass is 9.91. The Morgan fingerprint density at radius 2 is 2.00 bits per heavy atom. The molecule has 0 aliphatic carbocycles. The van der Waals surface area contributed by atoms with Gasteiger partial charge in [0.05, 0.1) is 0 Å². The van der Waals surface area contributed by atoms with Crippen molar-refractivity contribution in [2.24, 2.45) is 11.7 Å². The van der Waals surface area contributed by atoms with Gasteiger partial charge < -0.3 is 10.5 Å². The summed E-state index contributed by atoms with van der Waals surface area (Å²) in [6.07, 6.45) is 4.33. The fraction of sp³-hybridized carbons (Fsp3) is 0.500. The van der Waals surface area contributed by atoms with Crippen LogP contribution in [-0.2, 0) is 11.2 Å². The molecule has 0 bridgehead atoms. The van der Waals surface area contributed by atoms with Crippen LogP contribution < -0.4 is 5.73 Å². The van der Waals surface area contributed by atoms with E-state index in [1.54, 1.807) is 0 Å². The lowest BCUT2D eigenvalue weighted by Gasteiger charge is -2.22. The zero-order valence-corrected chi connectivity index (χ0v) is 10.0. The first-order valence-electron chi connectivity index (χ1n) is 6.23. The summed E-state index contributed by atoms with van der Waals surface area (Å²) in [5.74, 6) is 0.400. The summed E-state index contributed by atoms with van der Waals surface area (Å²) in [4.78, 5) is 11.3. The minimum absolute atomic E-state index is 0.326. The molecule has 1 fully saturated rings. The summed E-state index contributed by atoms with van der Waals surface area (Å²) < 4.78 is 5.34. The van der Waals surface area contributed by atoms with E-state index in [-0.39, 0.29) is 5.91 Å². The van der Waals surface area contributed by atoms with Gasteiger partial charge in [-0.2, -0.15) is 0 Å². The Kier molecular flexibility index (Phi) is 4.15. The number of nitrogens with two attached hydrogens (primary N) is 1. The molecule has 1 aromatic rings. The first-order valence-corrected chi connectivity index (χ1v) is 6.23. The predicted octanol–water partition coefficient (Wildman–Crippen LogP) is 2.14. The molecule has 1 amide bonds. The number of carbonyl (C=O) groups is 1. The van der Waals surface area contributed by atoms with E-state index < -0.39 is 0 Å². The predicted molar refractivity (Wildman–Crippen MR) is 66.8 cm³/mol. The molecular weight excluding hydrogens is 214 g/mol. The average molecular weight is 233 g/mol. The Morgan fingerprint density at radius 3 is 2.71 bits per heavy atom. The van der Waals surface area contributed by atoms with Gasteiger partial charge in [-0.15, -0.1) is 0 Å². The molecule has 17 heavy (non-hydrogen) atoms. The molecule has 0 atom stereocenters. The van der Waals surface area contributed by atoms with Crippen molar-refractivity contribution in [2.75, 3.05) is 13.2 Å². The highest BCUT2D eigenvalue weighted by molar-refractivity contribution is 5.94. The minimum atomic E-state index is -0.326. The Hall–Kier alpha value is -1.35. The van der Waals surface area contributed by atoms with Gasteiger partial charge in [0.1, 0.15) is 0 Å². The van der Waals surface area contributed by atoms with E-state index in [0.29, 0.717) is 5.56 Å². The second-order valence-electron chi connectivity index (χ2n) is 4.62. The zero-order valence-electron chi connectivity index (χ0n) is 10.0. The van der Waals surface area contributed by atoms with Gasteiger partial charge in [0, 0.05) is 18.8 Å². The lowest BCUT2D eigenvalue weighted by Crippen LogP contribution is -2.17. The van der Waals surface area contributed by atoms with Crippen molar-refractivity contribution < 1.29 is 9.53 Å². The summed E-state index contributed by atoms with van der Waals surface area (Å²) in [6.45, 7) is 1.75. The average Bonchev–Trinajstić information content (AvgIpc) is 2.38. The number of primary amides is 1. The van der Waals surface area contributed by atoms with Crippen LogP contribution in [0.1, 0.15) is 35.2 Å². The molecule has 0 saturated carbocycles. The van der Waals surface area contributed by atoms with Gasteiger partial charge in [0.15, 0.2) is 0 Å². The number of benzene rings is 1. The molecule has 0 unspecified atom stereocenters. The molecule has 1 aromatic carbocycles. The Balaban J connectivity index is 1.96. The number of carbonyl (C=O) groups excluding carboxylic acids is 1. The van der Waals surface area contributed by atoms with Gasteiger partial charge in [-0.3, -0.25) is 4.79 Å². The third kappa shape index (κ3) is 3.30. The number of aryl methyl sites for hydroxylation is 1. The molecule has 1 aliphatic heterocycles. The summed E-state index contributed by atoms with van der Waals surface area (Å²) >= 11 is 0. The number of amides is 1.